The Hall–Kier alpha value is -1.27. The zero-order chi connectivity index (χ0) is 15.3. The molecule has 1 aliphatic heterocycles. The second-order valence-electron chi connectivity index (χ2n) is 5.28. The molecule has 0 saturated carbocycles. The Labute approximate surface area is 130 Å². The molecule has 116 valence electrons. The first-order valence-corrected chi connectivity index (χ1v) is 9.11. The zero-order valence-corrected chi connectivity index (χ0v) is 13.2. The molecule has 1 unspecified atom stereocenters. The second kappa shape index (κ2) is 7.13. The SMILES string of the molecule is O=C(NCCc1ccc(Cl)cc1)NCC1CCS(=O)(=O)C1. The number of rotatable bonds is 5. The summed E-state index contributed by atoms with van der Waals surface area (Å²) >= 11 is 5.80. The van der Waals surface area contributed by atoms with Gasteiger partial charge in [0.2, 0.25) is 0 Å². The molecule has 1 aliphatic rings. The van der Waals surface area contributed by atoms with Crippen LogP contribution >= 0.6 is 11.6 Å². The lowest BCUT2D eigenvalue weighted by Crippen LogP contribution is -2.39. The number of halogens is 1. The molecule has 1 fully saturated rings. The zero-order valence-electron chi connectivity index (χ0n) is 11.6. The summed E-state index contributed by atoms with van der Waals surface area (Å²) in [6, 6.07) is 7.22. The standard InChI is InChI=1S/C14H19ClN2O3S/c15-13-3-1-11(2-4-13)5-7-16-14(18)17-9-12-6-8-21(19,20)10-12/h1-4,12H,5-10H2,(H2,16,17,18). The summed E-state index contributed by atoms with van der Waals surface area (Å²) in [5.74, 6) is 0.451. The van der Waals surface area contributed by atoms with Crippen molar-refractivity contribution in [2.75, 3.05) is 24.6 Å². The first kappa shape index (κ1) is 16.1. The minimum absolute atomic E-state index is 0.0389. The minimum atomic E-state index is -2.88. The van der Waals surface area contributed by atoms with Crippen LogP contribution in [0.5, 0.6) is 0 Å². The average Bonchev–Trinajstić information content (AvgIpc) is 2.78. The monoisotopic (exact) mass is 330 g/mol. The lowest BCUT2D eigenvalue weighted by Gasteiger charge is -2.11. The quantitative estimate of drug-likeness (QED) is 0.861. The first-order valence-electron chi connectivity index (χ1n) is 6.91. The van der Waals surface area contributed by atoms with Crippen LogP contribution in [0.1, 0.15) is 12.0 Å². The number of hydrogen-bond donors (Lipinski definition) is 2. The van der Waals surface area contributed by atoms with Crippen LogP contribution in [0, 0.1) is 5.92 Å². The molecule has 0 bridgehead atoms. The van der Waals surface area contributed by atoms with E-state index in [4.69, 9.17) is 11.6 Å². The Balaban J connectivity index is 1.63. The van der Waals surface area contributed by atoms with Gasteiger partial charge in [0.05, 0.1) is 11.5 Å². The van der Waals surface area contributed by atoms with Crippen LogP contribution in [0.2, 0.25) is 5.02 Å². The predicted octanol–water partition coefficient (Wildman–Crippen LogP) is 1.62. The second-order valence-corrected chi connectivity index (χ2v) is 7.95. The molecule has 2 N–H and O–H groups in total. The Kier molecular flexibility index (Phi) is 5.47. The summed E-state index contributed by atoms with van der Waals surface area (Å²) in [7, 11) is -2.88. The first-order chi connectivity index (χ1) is 9.94. The number of amides is 2. The number of carbonyl (C=O) groups is 1. The van der Waals surface area contributed by atoms with Crippen molar-refractivity contribution < 1.29 is 13.2 Å². The molecule has 0 aromatic heterocycles. The molecule has 21 heavy (non-hydrogen) atoms. The van der Waals surface area contributed by atoms with Crippen LogP contribution in [0.3, 0.4) is 0 Å². The molecular formula is C14H19ClN2O3S. The normalized spacial score (nSPS) is 20.1. The van der Waals surface area contributed by atoms with E-state index >= 15 is 0 Å². The Morgan fingerprint density at radius 2 is 1.95 bits per heavy atom. The van der Waals surface area contributed by atoms with Crippen LogP contribution in [0.4, 0.5) is 4.79 Å². The highest BCUT2D eigenvalue weighted by Crippen LogP contribution is 2.17. The van der Waals surface area contributed by atoms with Crippen molar-refractivity contribution in [3.05, 3.63) is 34.9 Å². The number of carbonyl (C=O) groups excluding carboxylic acids is 1. The lowest BCUT2D eigenvalue weighted by atomic mass is 10.1. The van der Waals surface area contributed by atoms with E-state index in [-0.39, 0.29) is 23.5 Å². The van der Waals surface area contributed by atoms with Gasteiger partial charge < -0.3 is 10.6 Å². The third kappa shape index (κ3) is 5.55. The fourth-order valence-electron chi connectivity index (χ4n) is 2.30. The molecule has 0 radical (unpaired) electrons. The number of hydrogen-bond acceptors (Lipinski definition) is 3. The fraction of sp³-hybridized carbons (Fsp3) is 0.500. The van der Waals surface area contributed by atoms with Gasteiger partial charge in [-0.15, -0.1) is 0 Å². The van der Waals surface area contributed by atoms with Crippen molar-refractivity contribution in [3.8, 4) is 0 Å². The molecule has 7 heteroatoms. The van der Waals surface area contributed by atoms with Crippen LogP contribution < -0.4 is 10.6 Å². The molecule has 1 aromatic carbocycles. The number of urea groups is 1. The van der Waals surface area contributed by atoms with Crippen LogP contribution in [0.25, 0.3) is 0 Å². The molecule has 0 aliphatic carbocycles. The number of nitrogens with one attached hydrogen (secondary N) is 2. The third-order valence-corrected chi connectivity index (χ3v) is 5.58. The van der Waals surface area contributed by atoms with Gasteiger partial charge in [0.25, 0.3) is 0 Å². The summed E-state index contributed by atoms with van der Waals surface area (Å²) in [5.41, 5.74) is 1.10. The van der Waals surface area contributed by atoms with Crippen molar-refractivity contribution >= 4 is 27.5 Å². The van der Waals surface area contributed by atoms with Crippen LogP contribution in [0.15, 0.2) is 24.3 Å². The van der Waals surface area contributed by atoms with Crippen molar-refractivity contribution in [1.82, 2.24) is 10.6 Å². The summed E-state index contributed by atoms with van der Waals surface area (Å²) in [6.45, 7) is 0.933. The van der Waals surface area contributed by atoms with Gasteiger partial charge in [0.15, 0.2) is 9.84 Å². The van der Waals surface area contributed by atoms with Gasteiger partial charge in [-0.2, -0.15) is 0 Å². The van der Waals surface area contributed by atoms with E-state index in [0.717, 1.165) is 12.0 Å². The lowest BCUT2D eigenvalue weighted by molar-refractivity contribution is 0.239. The summed E-state index contributed by atoms with van der Waals surface area (Å²) < 4.78 is 22.6. The Bertz CT molecular complexity index is 587. The van der Waals surface area contributed by atoms with Crippen molar-refractivity contribution in [3.63, 3.8) is 0 Å². The molecule has 5 nitrogen and oxygen atoms in total. The largest absolute Gasteiger partial charge is 0.338 e. The van der Waals surface area contributed by atoms with E-state index in [0.29, 0.717) is 24.5 Å². The van der Waals surface area contributed by atoms with Gasteiger partial charge >= 0.3 is 6.03 Å². The smallest absolute Gasteiger partial charge is 0.314 e. The maximum Gasteiger partial charge on any atom is 0.314 e. The van der Waals surface area contributed by atoms with Gasteiger partial charge in [0, 0.05) is 18.1 Å². The molecule has 1 heterocycles. The van der Waals surface area contributed by atoms with Gasteiger partial charge in [-0.3, -0.25) is 0 Å². The Morgan fingerprint density at radius 1 is 1.24 bits per heavy atom. The highest BCUT2D eigenvalue weighted by Gasteiger charge is 2.27. The van der Waals surface area contributed by atoms with Crippen LogP contribution in [-0.4, -0.2) is 39.0 Å². The van der Waals surface area contributed by atoms with E-state index in [2.05, 4.69) is 10.6 Å². The molecule has 1 atom stereocenters. The summed E-state index contributed by atoms with van der Waals surface area (Å²) in [5, 5.41) is 6.17. The number of benzene rings is 1. The molecular weight excluding hydrogens is 312 g/mol. The molecule has 0 spiro atoms. The predicted molar refractivity (Wildman–Crippen MR) is 83.3 cm³/mol. The molecule has 1 saturated heterocycles. The average molecular weight is 331 g/mol. The maximum atomic E-state index is 11.6. The minimum Gasteiger partial charge on any atom is -0.338 e. The van der Waals surface area contributed by atoms with E-state index in [1.165, 1.54) is 0 Å². The van der Waals surface area contributed by atoms with Crippen molar-refractivity contribution in [2.24, 2.45) is 5.92 Å². The molecule has 1 aromatic rings. The van der Waals surface area contributed by atoms with Crippen LogP contribution in [-0.2, 0) is 16.3 Å². The van der Waals surface area contributed by atoms with Gasteiger partial charge in [-0.05, 0) is 36.5 Å². The summed E-state index contributed by atoms with van der Waals surface area (Å²) in [4.78, 5) is 11.6. The fourth-order valence-corrected chi connectivity index (χ4v) is 4.29. The highest BCUT2D eigenvalue weighted by atomic mass is 35.5. The van der Waals surface area contributed by atoms with E-state index in [1.54, 1.807) is 0 Å². The summed E-state index contributed by atoms with van der Waals surface area (Å²) in [6.07, 6.45) is 1.36. The van der Waals surface area contributed by atoms with Crippen molar-refractivity contribution in [1.29, 1.82) is 0 Å². The third-order valence-electron chi connectivity index (χ3n) is 3.49. The molecule has 2 rings (SSSR count). The molecule has 2 amide bonds. The highest BCUT2D eigenvalue weighted by molar-refractivity contribution is 7.91. The topological polar surface area (TPSA) is 75.3 Å². The van der Waals surface area contributed by atoms with Gasteiger partial charge in [-0.25, -0.2) is 13.2 Å². The van der Waals surface area contributed by atoms with Gasteiger partial charge in [-0.1, -0.05) is 23.7 Å². The van der Waals surface area contributed by atoms with Crippen molar-refractivity contribution in [2.45, 2.75) is 12.8 Å². The Morgan fingerprint density at radius 3 is 2.57 bits per heavy atom. The number of sulfone groups is 1. The van der Waals surface area contributed by atoms with E-state index in [9.17, 15) is 13.2 Å². The maximum absolute atomic E-state index is 11.6. The van der Waals surface area contributed by atoms with Gasteiger partial charge in [0.1, 0.15) is 0 Å². The van der Waals surface area contributed by atoms with E-state index < -0.39 is 9.84 Å². The van der Waals surface area contributed by atoms with E-state index in [1.807, 2.05) is 24.3 Å².